The van der Waals surface area contributed by atoms with E-state index in [9.17, 15) is 13.6 Å². The monoisotopic (exact) mass is 235 g/mol. The van der Waals surface area contributed by atoms with Gasteiger partial charge in [0.25, 0.3) is 0 Å². The van der Waals surface area contributed by atoms with Gasteiger partial charge >= 0.3 is 0 Å². The second-order valence-corrected chi connectivity index (χ2v) is 4.44. The van der Waals surface area contributed by atoms with Gasteiger partial charge in [-0.25, -0.2) is 8.78 Å². The van der Waals surface area contributed by atoms with Gasteiger partial charge in [0.1, 0.15) is 11.6 Å². The molecule has 1 aliphatic rings. The molecule has 17 heavy (non-hydrogen) atoms. The van der Waals surface area contributed by atoms with Gasteiger partial charge < -0.3 is 4.57 Å². The van der Waals surface area contributed by atoms with Gasteiger partial charge in [0, 0.05) is 36.2 Å². The lowest BCUT2D eigenvalue weighted by molar-refractivity contribution is 0.0973. The van der Waals surface area contributed by atoms with Crippen molar-refractivity contribution in [3.8, 4) is 0 Å². The first-order valence-corrected chi connectivity index (χ1v) is 5.59. The first kappa shape index (κ1) is 10.4. The van der Waals surface area contributed by atoms with Crippen LogP contribution in [-0.2, 0) is 13.5 Å². The Bertz CT molecular complexity index is 643. The molecular formula is C13H11F2NO. The number of ketones is 1. The van der Waals surface area contributed by atoms with Gasteiger partial charge in [-0.3, -0.25) is 4.79 Å². The van der Waals surface area contributed by atoms with Crippen molar-refractivity contribution >= 4 is 16.7 Å². The minimum atomic E-state index is -0.637. The molecule has 2 nitrogen and oxygen atoms in total. The normalized spacial score (nSPS) is 15.4. The van der Waals surface area contributed by atoms with Crippen molar-refractivity contribution < 1.29 is 13.6 Å². The molecule has 0 radical (unpaired) electrons. The van der Waals surface area contributed by atoms with Gasteiger partial charge in [-0.2, -0.15) is 0 Å². The zero-order valence-electron chi connectivity index (χ0n) is 9.39. The molecule has 2 aromatic rings. The van der Waals surface area contributed by atoms with Crippen molar-refractivity contribution in [3.63, 3.8) is 0 Å². The number of rotatable bonds is 0. The van der Waals surface area contributed by atoms with Crippen LogP contribution >= 0.6 is 0 Å². The molecule has 1 aromatic heterocycles. The number of Topliss-reactive ketones (excluding diaryl/α,β-unsaturated/α-hetero) is 1. The van der Waals surface area contributed by atoms with Crippen molar-refractivity contribution in [2.24, 2.45) is 7.05 Å². The second-order valence-electron chi connectivity index (χ2n) is 4.44. The Kier molecular flexibility index (Phi) is 2.08. The molecule has 0 amide bonds. The number of halogens is 2. The van der Waals surface area contributed by atoms with Crippen LogP contribution in [0.4, 0.5) is 8.78 Å². The van der Waals surface area contributed by atoms with Gasteiger partial charge in [-0.05, 0) is 18.9 Å². The predicted molar refractivity (Wildman–Crippen MR) is 60.1 cm³/mol. The Morgan fingerprint density at radius 3 is 2.76 bits per heavy atom. The molecule has 1 heterocycles. The summed E-state index contributed by atoms with van der Waals surface area (Å²) >= 11 is 0. The summed E-state index contributed by atoms with van der Waals surface area (Å²) < 4.78 is 28.7. The van der Waals surface area contributed by atoms with Crippen LogP contribution in [0.15, 0.2) is 12.1 Å². The lowest BCUT2D eigenvalue weighted by Crippen LogP contribution is -2.11. The summed E-state index contributed by atoms with van der Waals surface area (Å²) in [5.41, 5.74) is 1.65. The van der Waals surface area contributed by atoms with Crippen LogP contribution in [0.25, 0.3) is 10.9 Å². The third kappa shape index (κ3) is 1.33. The SMILES string of the molecule is Cn1c2c(c3cc(F)cc(F)c31)C(=O)CCC2. The van der Waals surface area contributed by atoms with E-state index in [1.54, 1.807) is 11.6 Å². The molecule has 0 saturated heterocycles. The van der Waals surface area contributed by atoms with Crippen molar-refractivity contribution in [3.05, 3.63) is 35.0 Å². The molecule has 0 spiro atoms. The number of hydrogen-bond acceptors (Lipinski definition) is 1. The minimum absolute atomic E-state index is 0.0122. The quantitative estimate of drug-likeness (QED) is 0.688. The van der Waals surface area contributed by atoms with Crippen LogP contribution in [0.5, 0.6) is 0 Å². The first-order valence-electron chi connectivity index (χ1n) is 5.59. The van der Waals surface area contributed by atoms with E-state index in [0.29, 0.717) is 22.9 Å². The highest BCUT2D eigenvalue weighted by Crippen LogP contribution is 2.33. The highest BCUT2D eigenvalue weighted by Gasteiger charge is 2.26. The molecule has 1 aromatic carbocycles. The van der Waals surface area contributed by atoms with E-state index in [4.69, 9.17) is 0 Å². The van der Waals surface area contributed by atoms with Crippen molar-refractivity contribution in [2.45, 2.75) is 19.3 Å². The zero-order chi connectivity index (χ0) is 12.2. The van der Waals surface area contributed by atoms with Gasteiger partial charge in [0.05, 0.1) is 5.52 Å². The summed E-state index contributed by atoms with van der Waals surface area (Å²) in [6.45, 7) is 0. The molecule has 0 saturated carbocycles. The number of carbonyl (C=O) groups excluding carboxylic acids is 1. The van der Waals surface area contributed by atoms with Crippen LogP contribution < -0.4 is 0 Å². The maximum absolute atomic E-state index is 13.7. The fraction of sp³-hybridized carbons (Fsp3) is 0.308. The topological polar surface area (TPSA) is 22.0 Å². The van der Waals surface area contributed by atoms with Gasteiger partial charge in [0.15, 0.2) is 5.78 Å². The fourth-order valence-electron chi connectivity index (χ4n) is 2.70. The standard InChI is InChI=1S/C13H11F2NO/c1-16-10-3-2-4-11(17)12(10)8-5-7(14)6-9(15)13(8)16/h5-6H,2-4H2,1H3. The molecule has 0 bridgehead atoms. The largest absolute Gasteiger partial charge is 0.345 e. The van der Waals surface area contributed by atoms with E-state index in [-0.39, 0.29) is 5.78 Å². The van der Waals surface area contributed by atoms with E-state index in [1.807, 2.05) is 0 Å². The van der Waals surface area contributed by atoms with Gasteiger partial charge in [-0.15, -0.1) is 0 Å². The third-order valence-corrected chi connectivity index (χ3v) is 3.42. The number of carbonyl (C=O) groups is 1. The van der Waals surface area contributed by atoms with E-state index in [0.717, 1.165) is 24.6 Å². The summed E-state index contributed by atoms with van der Waals surface area (Å²) in [5.74, 6) is -1.26. The van der Waals surface area contributed by atoms with E-state index >= 15 is 0 Å². The molecular weight excluding hydrogens is 224 g/mol. The number of aromatic nitrogens is 1. The smallest absolute Gasteiger partial charge is 0.165 e. The fourth-order valence-corrected chi connectivity index (χ4v) is 2.70. The van der Waals surface area contributed by atoms with E-state index in [2.05, 4.69) is 0 Å². The molecule has 88 valence electrons. The van der Waals surface area contributed by atoms with Crippen LogP contribution in [0.1, 0.15) is 28.9 Å². The van der Waals surface area contributed by atoms with Crippen molar-refractivity contribution in [2.75, 3.05) is 0 Å². The average Bonchev–Trinajstić information content (AvgIpc) is 2.54. The molecule has 3 rings (SSSR count). The number of aryl methyl sites for hydroxylation is 1. The average molecular weight is 235 g/mol. The highest BCUT2D eigenvalue weighted by molar-refractivity contribution is 6.10. The van der Waals surface area contributed by atoms with Crippen LogP contribution in [-0.4, -0.2) is 10.4 Å². The molecule has 0 atom stereocenters. The minimum Gasteiger partial charge on any atom is -0.345 e. The van der Waals surface area contributed by atoms with Crippen molar-refractivity contribution in [1.82, 2.24) is 4.57 Å². The highest BCUT2D eigenvalue weighted by atomic mass is 19.1. The Balaban J connectivity index is 2.49. The van der Waals surface area contributed by atoms with Crippen LogP contribution in [0.2, 0.25) is 0 Å². The van der Waals surface area contributed by atoms with Gasteiger partial charge in [-0.1, -0.05) is 0 Å². The third-order valence-electron chi connectivity index (χ3n) is 3.42. The second kappa shape index (κ2) is 3.39. The molecule has 0 N–H and O–H groups in total. The molecule has 1 aliphatic carbocycles. The summed E-state index contributed by atoms with van der Waals surface area (Å²) in [4.78, 5) is 11.9. The predicted octanol–water partition coefficient (Wildman–Crippen LogP) is 2.98. The Morgan fingerprint density at radius 2 is 2.00 bits per heavy atom. The number of nitrogens with zero attached hydrogens (tertiary/aromatic N) is 1. The molecule has 0 aliphatic heterocycles. The molecule has 0 unspecified atom stereocenters. The summed E-state index contributed by atoms with van der Waals surface area (Å²) in [5, 5.41) is 0.407. The van der Waals surface area contributed by atoms with E-state index < -0.39 is 11.6 Å². The Hall–Kier alpha value is -1.71. The van der Waals surface area contributed by atoms with E-state index in [1.165, 1.54) is 6.07 Å². The summed E-state index contributed by atoms with van der Waals surface area (Å²) in [6.07, 6.45) is 1.98. The lowest BCUT2D eigenvalue weighted by Gasteiger charge is -2.11. The van der Waals surface area contributed by atoms with Crippen LogP contribution in [0.3, 0.4) is 0 Å². The van der Waals surface area contributed by atoms with Crippen molar-refractivity contribution in [1.29, 1.82) is 0 Å². The number of benzene rings is 1. The summed E-state index contributed by atoms with van der Waals surface area (Å²) in [6, 6.07) is 2.11. The maximum Gasteiger partial charge on any atom is 0.165 e. The Labute approximate surface area is 96.8 Å². The zero-order valence-corrected chi connectivity index (χ0v) is 9.39. The molecule has 4 heteroatoms. The summed E-state index contributed by atoms with van der Waals surface area (Å²) in [7, 11) is 1.72. The number of hydrogen-bond donors (Lipinski definition) is 0. The van der Waals surface area contributed by atoms with Gasteiger partial charge in [0.2, 0.25) is 0 Å². The first-order chi connectivity index (χ1) is 8.09. The lowest BCUT2D eigenvalue weighted by atomic mass is 9.94. The Morgan fingerprint density at radius 1 is 1.24 bits per heavy atom. The molecule has 0 fully saturated rings. The number of fused-ring (bicyclic) bond motifs is 3. The van der Waals surface area contributed by atoms with Crippen LogP contribution in [0, 0.1) is 11.6 Å². The maximum atomic E-state index is 13.7.